The molecule has 1 aliphatic rings. The molecule has 3 aromatic rings. The lowest BCUT2D eigenvalue weighted by Gasteiger charge is -2.21. The van der Waals surface area contributed by atoms with Gasteiger partial charge in [-0.25, -0.2) is 0 Å². The van der Waals surface area contributed by atoms with Crippen molar-refractivity contribution in [3.05, 3.63) is 64.0 Å². The number of ether oxygens (including phenoxy) is 3. The van der Waals surface area contributed by atoms with Gasteiger partial charge in [-0.05, 0) is 54.3 Å². The van der Waals surface area contributed by atoms with Crippen molar-refractivity contribution >= 4 is 40.5 Å². The van der Waals surface area contributed by atoms with E-state index in [1.165, 1.54) is 11.3 Å². The van der Waals surface area contributed by atoms with Gasteiger partial charge >= 0.3 is 5.97 Å². The highest BCUT2D eigenvalue weighted by Gasteiger charge is 2.32. The highest BCUT2D eigenvalue weighted by atomic mass is 35.5. The number of anilines is 1. The van der Waals surface area contributed by atoms with Gasteiger partial charge < -0.3 is 24.8 Å². The van der Waals surface area contributed by atoms with Crippen LogP contribution in [0.15, 0.2) is 48.5 Å². The minimum absolute atomic E-state index is 0.0424. The van der Waals surface area contributed by atoms with Crippen molar-refractivity contribution < 1.29 is 23.8 Å². The summed E-state index contributed by atoms with van der Waals surface area (Å²) in [4.78, 5) is 28.4. The minimum Gasteiger partial charge on any atom is -0.493 e. The van der Waals surface area contributed by atoms with Crippen LogP contribution in [-0.4, -0.2) is 38.2 Å². The highest BCUT2D eigenvalue weighted by molar-refractivity contribution is 7.17. The number of carbonyl (C=O) groups is 2. The average molecular weight is 529 g/mol. The fourth-order valence-corrected chi connectivity index (χ4v) is 5.28. The van der Waals surface area contributed by atoms with E-state index in [1.807, 2.05) is 30.3 Å². The number of esters is 1. The Labute approximate surface area is 219 Å². The van der Waals surface area contributed by atoms with Gasteiger partial charge in [-0.1, -0.05) is 37.1 Å². The number of thiophene rings is 1. The monoisotopic (exact) mass is 528 g/mol. The highest BCUT2D eigenvalue weighted by Crippen LogP contribution is 2.40. The molecular formula is C27H29ClN2O5S. The SMILES string of the molecule is CCCC[C@H](COc1ccc(N2Cc3cc(-c4ccc(Cl)cc4)sc3C2=O)cc1OC)OC(=O)CN. The van der Waals surface area contributed by atoms with Gasteiger partial charge in [-0.2, -0.15) is 0 Å². The van der Waals surface area contributed by atoms with Gasteiger partial charge in [0.2, 0.25) is 0 Å². The molecule has 0 radical (unpaired) electrons. The third-order valence-corrected chi connectivity index (χ3v) is 7.40. The minimum atomic E-state index is -0.457. The van der Waals surface area contributed by atoms with Crippen molar-refractivity contribution in [1.82, 2.24) is 0 Å². The predicted molar refractivity (Wildman–Crippen MR) is 142 cm³/mol. The van der Waals surface area contributed by atoms with E-state index in [-0.39, 0.29) is 19.1 Å². The quantitative estimate of drug-likeness (QED) is 0.322. The summed E-state index contributed by atoms with van der Waals surface area (Å²) in [7, 11) is 1.55. The van der Waals surface area contributed by atoms with E-state index in [1.54, 1.807) is 24.1 Å². The summed E-state index contributed by atoms with van der Waals surface area (Å²) in [6, 6.07) is 15.1. The lowest BCUT2D eigenvalue weighted by Crippen LogP contribution is -2.28. The summed E-state index contributed by atoms with van der Waals surface area (Å²) < 4.78 is 16.9. The van der Waals surface area contributed by atoms with Crippen LogP contribution >= 0.6 is 22.9 Å². The summed E-state index contributed by atoms with van der Waals surface area (Å²) in [6.45, 7) is 2.57. The molecule has 0 saturated carbocycles. The second-order valence-corrected chi connectivity index (χ2v) is 9.96. The molecule has 1 aromatic heterocycles. The Bertz CT molecular complexity index is 1230. The lowest BCUT2D eigenvalue weighted by atomic mass is 10.1. The molecule has 0 unspecified atom stereocenters. The first kappa shape index (κ1) is 26.0. The predicted octanol–water partition coefficient (Wildman–Crippen LogP) is 5.68. The molecule has 1 atom stereocenters. The van der Waals surface area contributed by atoms with Crippen LogP contribution in [0.1, 0.15) is 41.4 Å². The average Bonchev–Trinajstić information content (AvgIpc) is 3.45. The Morgan fingerprint density at radius 1 is 1.17 bits per heavy atom. The Balaban J connectivity index is 1.46. The molecular weight excluding hydrogens is 500 g/mol. The summed E-state index contributed by atoms with van der Waals surface area (Å²) in [5, 5.41) is 0.680. The molecule has 9 heteroatoms. The van der Waals surface area contributed by atoms with E-state index < -0.39 is 12.1 Å². The van der Waals surface area contributed by atoms with Gasteiger partial charge in [0.1, 0.15) is 12.7 Å². The van der Waals surface area contributed by atoms with Crippen LogP contribution in [0.25, 0.3) is 10.4 Å². The zero-order valence-electron chi connectivity index (χ0n) is 20.3. The van der Waals surface area contributed by atoms with Crippen LogP contribution < -0.4 is 20.1 Å². The lowest BCUT2D eigenvalue weighted by molar-refractivity contribution is -0.149. The number of rotatable bonds is 11. The molecule has 1 aliphatic heterocycles. The maximum absolute atomic E-state index is 13.2. The first-order chi connectivity index (χ1) is 17.4. The van der Waals surface area contributed by atoms with E-state index in [0.717, 1.165) is 39.4 Å². The molecule has 36 heavy (non-hydrogen) atoms. The summed E-state index contributed by atoms with van der Waals surface area (Å²) in [5.74, 6) is 0.510. The molecule has 2 aromatic carbocycles. The maximum Gasteiger partial charge on any atom is 0.320 e. The molecule has 0 bridgehead atoms. The number of nitrogens with zero attached hydrogens (tertiary/aromatic N) is 1. The summed E-state index contributed by atoms with van der Waals surface area (Å²) in [6.07, 6.45) is 2.18. The third kappa shape index (κ3) is 5.83. The fraction of sp³-hybridized carbons (Fsp3) is 0.333. The standard InChI is InChI=1S/C27H29ClN2O5S/c1-3-4-5-21(35-25(31)14-29)16-34-22-11-10-20(13-23(22)33-2)30-15-18-12-24(36-26(18)27(30)32)17-6-8-19(28)9-7-17/h6-13,21H,3-5,14-16,29H2,1-2H3/t21-/m1/s1. The van der Waals surface area contributed by atoms with Gasteiger partial charge in [-0.15, -0.1) is 11.3 Å². The summed E-state index contributed by atoms with van der Waals surface area (Å²) >= 11 is 7.48. The number of methoxy groups -OCH3 is 1. The van der Waals surface area contributed by atoms with Crippen molar-refractivity contribution in [3.8, 4) is 21.9 Å². The van der Waals surface area contributed by atoms with E-state index >= 15 is 0 Å². The largest absolute Gasteiger partial charge is 0.493 e. The van der Waals surface area contributed by atoms with E-state index in [9.17, 15) is 9.59 Å². The smallest absolute Gasteiger partial charge is 0.320 e. The molecule has 2 heterocycles. The van der Waals surface area contributed by atoms with Crippen molar-refractivity contribution in [1.29, 1.82) is 0 Å². The van der Waals surface area contributed by atoms with Crippen LogP contribution in [0, 0.1) is 0 Å². The molecule has 1 amide bonds. The second kappa shape index (κ2) is 11.8. The molecule has 7 nitrogen and oxygen atoms in total. The molecule has 190 valence electrons. The van der Waals surface area contributed by atoms with Crippen LogP contribution in [0.4, 0.5) is 5.69 Å². The zero-order chi connectivity index (χ0) is 25.7. The molecule has 2 N–H and O–H groups in total. The molecule has 0 spiro atoms. The van der Waals surface area contributed by atoms with Gasteiger partial charge in [0.15, 0.2) is 11.5 Å². The van der Waals surface area contributed by atoms with E-state index in [0.29, 0.717) is 29.5 Å². The number of halogens is 1. The molecule has 4 rings (SSSR count). The molecule has 0 aliphatic carbocycles. The second-order valence-electron chi connectivity index (χ2n) is 8.47. The Morgan fingerprint density at radius 3 is 2.61 bits per heavy atom. The van der Waals surface area contributed by atoms with Crippen molar-refractivity contribution in [2.75, 3.05) is 25.2 Å². The number of benzene rings is 2. The fourth-order valence-electron chi connectivity index (χ4n) is 4.03. The Morgan fingerprint density at radius 2 is 1.94 bits per heavy atom. The number of unbranched alkanes of at least 4 members (excludes halogenated alkanes) is 1. The van der Waals surface area contributed by atoms with E-state index in [2.05, 4.69) is 13.0 Å². The molecule has 0 fully saturated rings. The number of fused-ring (bicyclic) bond motifs is 1. The van der Waals surface area contributed by atoms with Crippen molar-refractivity contribution in [2.24, 2.45) is 5.73 Å². The van der Waals surface area contributed by atoms with E-state index in [4.69, 9.17) is 31.5 Å². The van der Waals surface area contributed by atoms with Crippen LogP contribution in [0.5, 0.6) is 11.5 Å². The maximum atomic E-state index is 13.2. The van der Waals surface area contributed by atoms with Crippen molar-refractivity contribution in [2.45, 2.75) is 38.8 Å². The first-order valence-corrected chi connectivity index (χ1v) is 13.0. The zero-order valence-corrected chi connectivity index (χ0v) is 21.9. The third-order valence-electron chi connectivity index (χ3n) is 5.93. The Hall–Kier alpha value is -3.07. The first-order valence-electron chi connectivity index (χ1n) is 11.8. The van der Waals surface area contributed by atoms with Crippen LogP contribution in [0.3, 0.4) is 0 Å². The number of amides is 1. The number of nitrogens with two attached hydrogens (primary N) is 1. The number of hydrogen-bond donors (Lipinski definition) is 1. The van der Waals surface area contributed by atoms with Gasteiger partial charge in [0.25, 0.3) is 5.91 Å². The molecule has 0 saturated heterocycles. The van der Waals surface area contributed by atoms with Crippen molar-refractivity contribution in [3.63, 3.8) is 0 Å². The van der Waals surface area contributed by atoms with Crippen LogP contribution in [0.2, 0.25) is 5.02 Å². The number of hydrogen-bond acceptors (Lipinski definition) is 7. The topological polar surface area (TPSA) is 91.1 Å². The van der Waals surface area contributed by atoms with Gasteiger partial charge in [0, 0.05) is 21.7 Å². The van der Waals surface area contributed by atoms with Gasteiger partial charge in [0.05, 0.1) is 25.1 Å². The van der Waals surface area contributed by atoms with Crippen LogP contribution in [-0.2, 0) is 16.1 Å². The Kier molecular flexibility index (Phi) is 8.51. The summed E-state index contributed by atoms with van der Waals surface area (Å²) in [5.41, 5.74) is 8.14. The van der Waals surface area contributed by atoms with Gasteiger partial charge in [-0.3, -0.25) is 9.59 Å². The normalized spacial score (nSPS) is 13.4. The number of carbonyl (C=O) groups excluding carboxylic acids is 2.